The molecule has 4 aromatic rings. The van der Waals surface area contributed by atoms with E-state index in [0.717, 1.165) is 0 Å². The second-order valence-electron chi connectivity index (χ2n) is 6.63. The summed E-state index contributed by atoms with van der Waals surface area (Å²) in [5.41, 5.74) is 14.3. The van der Waals surface area contributed by atoms with Crippen LogP contribution in [0.4, 0.5) is 0 Å². The van der Waals surface area contributed by atoms with E-state index in [2.05, 4.69) is 65.6 Å². The third-order valence-electron chi connectivity index (χ3n) is 4.13. The Balaban J connectivity index is 0.000000253. The third kappa shape index (κ3) is 9.78. The SMILES string of the molecule is N/C([S-])=N/N=C(c1ccccn1)c1ccccn1.N/C([S-])=N\N=C(c1ccccn1)c1ccccn1.[Mn+2]. The molecule has 185 valence electrons. The first kappa shape index (κ1) is 29.1. The van der Waals surface area contributed by atoms with Gasteiger partial charge in [-0.3, -0.25) is 19.9 Å². The molecular formula is C24H20MnN10S2. The largest absolute Gasteiger partial charge is 2.00 e. The Morgan fingerprint density at radius 3 is 0.946 bits per heavy atom. The molecule has 0 fully saturated rings. The summed E-state index contributed by atoms with van der Waals surface area (Å²) in [7, 11) is 0. The van der Waals surface area contributed by atoms with E-state index in [0.29, 0.717) is 34.2 Å². The molecule has 0 aliphatic carbocycles. The van der Waals surface area contributed by atoms with Gasteiger partial charge in [0, 0.05) is 24.8 Å². The summed E-state index contributed by atoms with van der Waals surface area (Å²) in [5.74, 6) is 0. The number of pyridine rings is 4. The molecular weight excluding hydrogens is 547 g/mol. The molecule has 0 saturated heterocycles. The number of rotatable bonds is 6. The molecule has 13 heteroatoms. The van der Waals surface area contributed by atoms with E-state index in [4.69, 9.17) is 11.5 Å². The molecule has 0 aliphatic rings. The standard InChI is InChI=1S/2C12H11N5S.Mn/c2*13-12(18)17-16-11(9-5-1-3-7-14-9)10-6-2-4-8-15-10;/h2*1-8H,(H3,13,17,18);/q;;+2/p-2. The minimum atomic E-state index is -0.0284. The number of nitrogens with two attached hydrogens (primary N) is 2. The Hall–Kier alpha value is -4.16. The van der Waals surface area contributed by atoms with Gasteiger partial charge in [-0.05, 0) is 58.9 Å². The second kappa shape index (κ2) is 15.8. The Morgan fingerprint density at radius 1 is 0.486 bits per heavy atom. The fourth-order valence-corrected chi connectivity index (χ4v) is 2.76. The van der Waals surface area contributed by atoms with Crippen LogP contribution in [0.25, 0.3) is 0 Å². The Kier molecular flexibility index (Phi) is 12.4. The van der Waals surface area contributed by atoms with Crippen molar-refractivity contribution in [2.45, 2.75) is 0 Å². The fraction of sp³-hybridized carbons (Fsp3) is 0. The van der Waals surface area contributed by atoms with Crippen LogP contribution in [0.2, 0.25) is 0 Å². The zero-order valence-electron chi connectivity index (χ0n) is 19.2. The van der Waals surface area contributed by atoms with Gasteiger partial charge < -0.3 is 36.7 Å². The Bertz CT molecular complexity index is 1150. The van der Waals surface area contributed by atoms with Gasteiger partial charge in [0.15, 0.2) is 0 Å². The van der Waals surface area contributed by atoms with Crippen molar-refractivity contribution >= 4 is 47.0 Å². The van der Waals surface area contributed by atoms with E-state index in [1.165, 1.54) is 0 Å². The Morgan fingerprint density at radius 2 is 0.757 bits per heavy atom. The maximum atomic E-state index is 5.31. The average molecular weight is 568 g/mol. The molecule has 37 heavy (non-hydrogen) atoms. The molecule has 0 aliphatic heterocycles. The van der Waals surface area contributed by atoms with E-state index in [-0.39, 0.29) is 27.4 Å². The first-order valence-corrected chi connectivity index (χ1v) is 11.2. The zero-order valence-corrected chi connectivity index (χ0v) is 22.0. The van der Waals surface area contributed by atoms with Crippen molar-refractivity contribution in [1.29, 1.82) is 0 Å². The maximum absolute atomic E-state index is 5.31. The summed E-state index contributed by atoms with van der Waals surface area (Å²) in [4.78, 5) is 16.9. The maximum Gasteiger partial charge on any atom is 2.00 e. The Labute approximate surface area is 235 Å². The first-order chi connectivity index (χ1) is 17.5. The molecule has 4 rings (SSSR count). The molecule has 4 N–H and O–H groups in total. The monoisotopic (exact) mass is 567 g/mol. The third-order valence-corrected chi connectivity index (χ3v) is 4.29. The molecule has 0 unspecified atom stereocenters. The van der Waals surface area contributed by atoms with Crippen LogP contribution in [0, 0.1) is 0 Å². The van der Waals surface area contributed by atoms with Crippen LogP contribution in [0.5, 0.6) is 0 Å². The summed E-state index contributed by atoms with van der Waals surface area (Å²) in [6.07, 6.45) is 6.70. The van der Waals surface area contributed by atoms with E-state index in [9.17, 15) is 0 Å². The van der Waals surface area contributed by atoms with Crippen molar-refractivity contribution in [1.82, 2.24) is 19.9 Å². The van der Waals surface area contributed by atoms with Crippen molar-refractivity contribution in [2.24, 2.45) is 31.9 Å². The van der Waals surface area contributed by atoms with Gasteiger partial charge in [-0.2, -0.15) is 10.2 Å². The number of hydrogen-bond donors (Lipinski definition) is 2. The topological polar surface area (TPSA) is 153 Å². The smallest absolute Gasteiger partial charge is 0.741 e. The fourth-order valence-electron chi connectivity index (χ4n) is 2.68. The van der Waals surface area contributed by atoms with Crippen molar-refractivity contribution in [2.75, 3.05) is 0 Å². The van der Waals surface area contributed by atoms with Gasteiger partial charge in [-0.15, -0.1) is 10.2 Å². The van der Waals surface area contributed by atoms with Gasteiger partial charge in [0.1, 0.15) is 11.4 Å². The summed E-state index contributed by atoms with van der Waals surface area (Å²) in [6.45, 7) is 0. The van der Waals surface area contributed by atoms with Crippen molar-refractivity contribution in [3.05, 3.63) is 120 Å². The summed E-state index contributed by atoms with van der Waals surface area (Å²) in [5, 5.41) is 15.4. The van der Waals surface area contributed by atoms with Crippen LogP contribution >= 0.6 is 0 Å². The molecule has 1 radical (unpaired) electrons. The molecule has 0 saturated carbocycles. The predicted octanol–water partition coefficient (Wildman–Crippen LogP) is 2.18. The number of nitrogens with zero attached hydrogens (tertiary/aromatic N) is 8. The van der Waals surface area contributed by atoms with Crippen molar-refractivity contribution in [3.63, 3.8) is 0 Å². The molecule has 10 nitrogen and oxygen atoms in total. The van der Waals surface area contributed by atoms with Crippen molar-refractivity contribution in [3.8, 4) is 0 Å². The number of amidine groups is 2. The van der Waals surface area contributed by atoms with Gasteiger partial charge in [0.25, 0.3) is 0 Å². The molecule has 0 amide bonds. The van der Waals surface area contributed by atoms with Crippen LogP contribution < -0.4 is 11.5 Å². The number of aromatic nitrogens is 4. The van der Waals surface area contributed by atoms with Gasteiger partial charge in [0.05, 0.1) is 22.8 Å². The molecule has 0 bridgehead atoms. The van der Waals surface area contributed by atoms with E-state index >= 15 is 0 Å². The van der Waals surface area contributed by atoms with E-state index in [1.807, 2.05) is 72.8 Å². The summed E-state index contributed by atoms with van der Waals surface area (Å²) >= 11 is 9.35. The molecule has 0 aromatic carbocycles. The van der Waals surface area contributed by atoms with Crippen LogP contribution in [0.3, 0.4) is 0 Å². The van der Waals surface area contributed by atoms with Crippen LogP contribution in [0.15, 0.2) is 118 Å². The summed E-state index contributed by atoms with van der Waals surface area (Å²) < 4.78 is 0. The second-order valence-corrected chi connectivity index (χ2v) is 7.47. The van der Waals surface area contributed by atoms with Crippen LogP contribution in [0.1, 0.15) is 22.8 Å². The number of hydrogen-bond acceptors (Lipinski definition) is 10. The van der Waals surface area contributed by atoms with Crippen LogP contribution in [-0.2, 0) is 42.3 Å². The molecule has 0 atom stereocenters. The van der Waals surface area contributed by atoms with E-state index in [1.54, 1.807) is 24.8 Å². The average Bonchev–Trinajstić information content (AvgIpc) is 2.91. The molecule has 4 aromatic heterocycles. The quantitative estimate of drug-likeness (QED) is 0.118. The molecule has 0 spiro atoms. The minimum absolute atomic E-state index is 0. The molecule has 4 heterocycles. The van der Waals surface area contributed by atoms with Gasteiger partial charge in [-0.1, -0.05) is 24.3 Å². The van der Waals surface area contributed by atoms with E-state index < -0.39 is 0 Å². The zero-order chi connectivity index (χ0) is 25.6. The first-order valence-electron chi connectivity index (χ1n) is 10.4. The summed E-state index contributed by atoms with van der Waals surface area (Å²) in [6, 6.07) is 22.0. The van der Waals surface area contributed by atoms with Gasteiger partial charge in [-0.25, -0.2) is 0 Å². The van der Waals surface area contributed by atoms with Crippen LogP contribution in [-0.4, -0.2) is 41.7 Å². The normalized spacial score (nSPS) is 10.7. The van der Waals surface area contributed by atoms with Gasteiger partial charge >= 0.3 is 17.1 Å². The van der Waals surface area contributed by atoms with Gasteiger partial charge in [0.2, 0.25) is 0 Å². The minimum Gasteiger partial charge on any atom is -0.741 e. The predicted molar refractivity (Wildman–Crippen MR) is 146 cm³/mol. The van der Waals surface area contributed by atoms with Crippen molar-refractivity contribution < 1.29 is 17.1 Å².